The molecule has 4 atom stereocenters. The largest absolute Gasteiger partial charge is 0.480 e. The van der Waals surface area contributed by atoms with Crippen LogP contribution >= 0.6 is 0 Å². The highest BCUT2D eigenvalue weighted by Crippen LogP contribution is 2.07. The van der Waals surface area contributed by atoms with Gasteiger partial charge in [-0.15, -0.1) is 0 Å². The number of rotatable bonds is 18. The first-order valence-corrected chi connectivity index (χ1v) is 11.5. The number of carbonyl (C=O) groups is 6. The fourth-order valence-corrected chi connectivity index (χ4v) is 3.06. The lowest BCUT2D eigenvalue weighted by atomic mass is 10.0. The van der Waals surface area contributed by atoms with E-state index in [2.05, 4.69) is 16.0 Å². The average Bonchev–Trinajstić information content (AvgIpc) is 2.76. The normalized spacial score (nSPS) is 14.3. The van der Waals surface area contributed by atoms with Crippen molar-refractivity contribution >= 4 is 35.5 Å². The molecule has 4 unspecified atom stereocenters. The lowest BCUT2D eigenvalue weighted by Gasteiger charge is -2.26. The fourth-order valence-electron chi connectivity index (χ4n) is 3.06. The predicted molar refractivity (Wildman–Crippen MR) is 126 cm³/mol. The number of hydrogen-bond donors (Lipinski definition) is 8. The first-order valence-electron chi connectivity index (χ1n) is 11.5. The van der Waals surface area contributed by atoms with Crippen molar-refractivity contribution in [3.8, 4) is 0 Å². The van der Waals surface area contributed by atoms with Crippen molar-refractivity contribution < 1.29 is 33.9 Å². The summed E-state index contributed by atoms with van der Waals surface area (Å²) in [5.74, 6) is -5.30. The highest BCUT2D eigenvalue weighted by Gasteiger charge is 2.31. The zero-order valence-electron chi connectivity index (χ0n) is 20.2. The summed E-state index contributed by atoms with van der Waals surface area (Å²) in [5, 5.41) is 16.7. The molecule has 0 aliphatic carbocycles. The second-order valence-electron chi connectivity index (χ2n) is 8.59. The number of nitrogens with two attached hydrogens (primary N) is 4. The monoisotopic (exact) mass is 501 g/mol. The zero-order valence-corrected chi connectivity index (χ0v) is 20.2. The maximum Gasteiger partial charge on any atom is 0.326 e. The second-order valence-corrected chi connectivity index (χ2v) is 8.59. The number of amides is 5. The van der Waals surface area contributed by atoms with E-state index >= 15 is 0 Å². The molecule has 5 amide bonds. The molecule has 0 aliphatic heterocycles. The molecule has 0 spiro atoms. The molecule has 0 saturated heterocycles. The standard InChI is InChI=1S/C21H39N7O7/c1-11(2)17(21(34)35)28-20(33)14(7-9-16(25)30)27-19(32)13(5-3-4-10-22)26-18(31)12(23)6-8-15(24)29/h11-14,17H,3-10,22-23H2,1-2H3,(H2,24,29)(H2,25,30)(H,26,31)(H,27,32)(H,28,33)(H,34,35). The Kier molecular flexibility index (Phi) is 14.9. The van der Waals surface area contributed by atoms with Crippen LogP contribution in [0.3, 0.4) is 0 Å². The average molecular weight is 502 g/mol. The van der Waals surface area contributed by atoms with Gasteiger partial charge in [0.1, 0.15) is 18.1 Å². The van der Waals surface area contributed by atoms with Crippen molar-refractivity contribution in [2.45, 2.75) is 83.0 Å². The quantitative estimate of drug-likeness (QED) is 0.0898. The van der Waals surface area contributed by atoms with E-state index in [1.54, 1.807) is 13.8 Å². The van der Waals surface area contributed by atoms with Crippen molar-refractivity contribution in [2.24, 2.45) is 28.9 Å². The molecule has 200 valence electrons. The van der Waals surface area contributed by atoms with Crippen molar-refractivity contribution in [1.29, 1.82) is 0 Å². The van der Waals surface area contributed by atoms with Gasteiger partial charge in [0.2, 0.25) is 29.5 Å². The lowest BCUT2D eigenvalue weighted by molar-refractivity contribution is -0.143. The van der Waals surface area contributed by atoms with Crippen LogP contribution in [0.1, 0.15) is 58.8 Å². The van der Waals surface area contributed by atoms with Crippen LogP contribution in [0.2, 0.25) is 0 Å². The van der Waals surface area contributed by atoms with E-state index in [1.807, 2.05) is 0 Å². The molecule has 0 bridgehead atoms. The van der Waals surface area contributed by atoms with Crippen LogP contribution in [0.25, 0.3) is 0 Å². The number of aliphatic carboxylic acids is 1. The molecule has 0 aliphatic rings. The Morgan fingerprint density at radius 3 is 1.71 bits per heavy atom. The smallest absolute Gasteiger partial charge is 0.326 e. The number of nitrogens with one attached hydrogen (secondary N) is 3. The van der Waals surface area contributed by atoms with Crippen LogP contribution in [0.15, 0.2) is 0 Å². The van der Waals surface area contributed by atoms with Crippen molar-refractivity contribution in [2.75, 3.05) is 6.54 Å². The second kappa shape index (κ2) is 16.4. The Balaban J connectivity index is 5.55. The molecular weight excluding hydrogens is 462 g/mol. The minimum Gasteiger partial charge on any atom is -0.480 e. The summed E-state index contributed by atoms with van der Waals surface area (Å²) in [6.45, 7) is 3.55. The first kappa shape index (κ1) is 31.7. The van der Waals surface area contributed by atoms with Crippen LogP contribution < -0.4 is 38.9 Å². The summed E-state index contributed by atoms with van der Waals surface area (Å²) in [4.78, 5) is 71.8. The van der Waals surface area contributed by atoms with Gasteiger partial charge in [-0.1, -0.05) is 13.8 Å². The molecule has 0 fully saturated rings. The Bertz CT molecular complexity index is 760. The van der Waals surface area contributed by atoms with Crippen LogP contribution in [-0.2, 0) is 28.8 Å². The van der Waals surface area contributed by atoms with Gasteiger partial charge < -0.3 is 44.0 Å². The van der Waals surface area contributed by atoms with Gasteiger partial charge in [-0.25, -0.2) is 4.79 Å². The maximum atomic E-state index is 13.0. The topological polar surface area (TPSA) is 263 Å². The van der Waals surface area contributed by atoms with Gasteiger partial charge in [0, 0.05) is 12.8 Å². The number of carbonyl (C=O) groups excluding carboxylic acids is 5. The Morgan fingerprint density at radius 1 is 0.743 bits per heavy atom. The van der Waals surface area contributed by atoms with Crippen LogP contribution in [0.5, 0.6) is 0 Å². The third-order valence-electron chi connectivity index (χ3n) is 5.16. The molecule has 35 heavy (non-hydrogen) atoms. The molecular formula is C21H39N7O7. The minimum absolute atomic E-state index is 0.0201. The maximum absolute atomic E-state index is 13.0. The van der Waals surface area contributed by atoms with E-state index < -0.39 is 65.6 Å². The number of hydrogen-bond acceptors (Lipinski definition) is 8. The minimum atomic E-state index is -1.28. The molecule has 0 rings (SSSR count). The number of unbranched alkanes of at least 4 members (excludes halogenated alkanes) is 1. The first-order chi connectivity index (χ1) is 16.3. The Morgan fingerprint density at radius 2 is 1.23 bits per heavy atom. The van der Waals surface area contributed by atoms with Gasteiger partial charge in [0.25, 0.3) is 0 Å². The lowest BCUT2D eigenvalue weighted by Crippen LogP contribution is -2.57. The molecule has 0 saturated carbocycles. The van der Waals surface area contributed by atoms with E-state index in [1.165, 1.54) is 0 Å². The van der Waals surface area contributed by atoms with E-state index in [9.17, 15) is 33.9 Å². The Labute approximate surface area is 204 Å². The third kappa shape index (κ3) is 13.3. The van der Waals surface area contributed by atoms with Gasteiger partial charge in [0.15, 0.2) is 0 Å². The van der Waals surface area contributed by atoms with Gasteiger partial charge in [-0.2, -0.15) is 0 Å². The van der Waals surface area contributed by atoms with E-state index in [4.69, 9.17) is 22.9 Å². The molecule has 0 radical (unpaired) electrons. The van der Waals surface area contributed by atoms with E-state index in [0.29, 0.717) is 19.4 Å². The van der Waals surface area contributed by atoms with Crippen molar-refractivity contribution in [3.63, 3.8) is 0 Å². The predicted octanol–water partition coefficient (Wildman–Crippen LogP) is -2.83. The van der Waals surface area contributed by atoms with Crippen LogP contribution in [-0.4, -0.2) is 71.3 Å². The molecule has 0 aromatic carbocycles. The molecule has 14 heteroatoms. The summed E-state index contributed by atoms with van der Waals surface area (Å²) in [5.41, 5.74) is 21.5. The van der Waals surface area contributed by atoms with Crippen molar-refractivity contribution in [3.05, 3.63) is 0 Å². The summed E-state index contributed by atoms with van der Waals surface area (Å²) in [6, 6.07) is -4.70. The molecule has 0 aromatic rings. The summed E-state index contributed by atoms with van der Waals surface area (Å²) in [6.07, 6.45) is 0.637. The van der Waals surface area contributed by atoms with Gasteiger partial charge in [-0.05, 0) is 44.6 Å². The van der Waals surface area contributed by atoms with Gasteiger partial charge >= 0.3 is 5.97 Å². The van der Waals surface area contributed by atoms with Crippen molar-refractivity contribution in [1.82, 2.24) is 16.0 Å². The molecule has 0 aromatic heterocycles. The number of carboxylic acids is 1. The summed E-state index contributed by atoms with van der Waals surface area (Å²) >= 11 is 0. The third-order valence-corrected chi connectivity index (χ3v) is 5.16. The summed E-state index contributed by atoms with van der Waals surface area (Å²) < 4.78 is 0. The van der Waals surface area contributed by atoms with E-state index in [0.717, 1.165) is 0 Å². The zero-order chi connectivity index (χ0) is 27.1. The summed E-state index contributed by atoms with van der Waals surface area (Å²) in [7, 11) is 0. The van der Waals surface area contributed by atoms with E-state index in [-0.39, 0.29) is 32.1 Å². The SMILES string of the molecule is CC(C)C(NC(=O)C(CCC(N)=O)NC(=O)C(CCCCN)NC(=O)C(N)CCC(N)=O)C(=O)O. The van der Waals surface area contributed by atoms with Gasteiger partial charge in [-0.3, -0.25) is 24.0 Å². The van der Waals surface area contributed by atoms with Gasteiger partial charge in [0.05, 0.1) is 6.04 Å². The van der Waals surface area contributed by atoms with Crippen LogP contribution in [0.4, 0.5) is 0 Å². The Hall–Kier alpha value is -3.26. The molecule has 12 N–H and O–H groups in total. The number of carboxylic acid groups (broad SMARTS) is 1. The highest BCUT2D eigenvalue weighted by molar-refractivity contribution is 5.94. The number of primary amides is 2. The fraction of sp³-hybridized carbons (Fsp3) is 0.714. The van der Waals surface area contributed by atoms with Crippen LogP contribution in [0, 0.1) is 5.92 Å². The highest BCUT2D eigenvalue weighted by atomic mass is 16.4. The molecule has 14 nitrogen and oxygen atoms in total. The molecule has 0 heterocycles.